The summed E-state index contributed by atoms with van der Waals surface area (Å²) in [6.45, 7) is 3.93. The van der Waals surface area contributed by atoms with Gasteiger partial charge in [-0.2, -0.15) is 0 Å². The van der Waals surface area contributed by atoms with Crippen molar-refractivity contribution in [3.8, 4) is 0 Å². The number of carbonyl (C=O) groups is 1. The van der Waals surface area contributed by atoms with E-state index in [1.165, 1.54) is 6.07 Å². The number of esters is 1. The Morgan fingerprint density at radius 1 is 1.34 bits per heavy atom. The maximum absolute atomic E-state index is 15.2. The number of carbonyl (C=O) groups excluding carboxylic acids is 1. The van der Waals surface area contributed by atoms with E-state index in [0.717, 1.165) is 29.4 Å². The first-order valence-electron chi connectivity index (χ1n) is 10.8. The number of fused-ring (bicyclic) bond motifs is 6. The predicted octanol–water partition coefficient (Wildman–Crippen LogP) is 3.44. The van der Waals surface area contributed by atoms with Crippen molar-refractivity contribution in [2.75, 3.05) is 11.9 Å². The molecule has 0 radical (unpaired) electrons. The smallest absolute Gasteiger partial charge is 0.343 e. The number of allylic oxidation sites excluding steroid dienone is 2. The van der Waals surface area contributed by atoms with Gasteiger partial charge in [-0.15, -0.1) is 0 Å². The van der Waals surface area contributed by atoms with Crippen LogP contribution in [-0.2, 0) is 4.74 Å². The van der Waals surface area contributed by atoms with Crippen LogP contribution in [0, 0.1) is 5.82 Å². The molecule has 3 heterocycles. The van der Waals surface area contributed by atoms with Crippen LogP contribution in [0.3, 0.4) is 0 Å². The van der Waals surface area contributed by atoms with Gasteiger partial charge in [0.15, 0.2) is 11.3 Å². The molecule has 1 aromatic carbocycles. The summed E-state index contributed by atoms with van der Waals surface area (Å²) < 4.78 is 22.2. The van der Waals surface area contributed by atoms with E-state index in [-0.39, 0.29) is 35.2 Å². The van der Waals surface area contributed by atoms with Gasteiger partial charge in [0.2, 0.25) is 5.43 Å². The fourth-order valence-electron chi connectivity index (χ4n) is 4.69. The Labute approximate surface area is 181 Å². The average molecular weight is 432 g/mol. The van der Waals surface area contributed by atoms with Crippen molar-refractivity contribution in [3.63, 3.8) is 0 Å². The topological polar surface area (TPSA) is 88.5 Å². The maximum atomic E-state index is 15.2. The number of H-pyrrole nitrogens is 1. The predicted molar refractivity (Wildman–Crippen MR) is 119 cm³/mol. The molecule has 162 valence electrons. The van der Waals surface area contributed by atoms with Crippen LogP contribution in [0.4, 0.5) is 21.5 Å². The highest BCUT2D eigenvalue weighted by Crippen LogP contribution is 2.44. The third kappa shape index (κ3) is 2.62. The van der Waals surface area contributed by atoms with Crippen LogP contribution in [0.1, 0.15) is 54.6 Å². The molecule has 2 N–H and O–H groups in total. The van der Waals surface area contributed by atoms with Gasteiger partial charge < -0.3 is 19.6 Å². The second-order valence-electron chi connectivity index (χ2n) is 8.46. The summed E-state index contributed by atoms with van der Waals surface area (Å²) in [7, 11) is 0. The number of nitrogens with one attached hydrogen (secondary N) is 2. The zero-order valence-electron chi connectivity index (χ0n) is 17.7. The summed E-state index contributed by atoms with van der Waals surface area (Å²) in [4.78, 5) is 33.5. The Balaban J connectivity index is 1.66. The van der Waals surface area contributed by atoms with Crippen LogP contribution >= 0.6 is 0 Å². The number of aromatic amines is 1. The molecule has 1 aliphatic heterocycles. The van der Waals surface area contributed by atoms with E-state index in [2.05, 4.69) is 28.3 Å². The Hall–Kier alpha value is -3.68. The van der Waals surface area contributed by atoms with Crippen molar-refractivity contribution >= 4 is 40.0 Å². The van der Waals surface area contributed by atoms with E-state index in [4.69, 9.17) is 4.74 Å². The number of hydrogen-bond donors (Lipinski definition) is 2. The summed E-state index contributed by atoms with van der Waals surface area (Å²) in [5, 5.41) is 4.47. The molecule has 1 unspecified atom stereocenters. The van der Waals surface area contributed by atoms with Crippen LogP contribution in [-0.4, -0.2) is 22.1 Å². The molecule has 2 aromatic heterocycles. The Morgan fingerprint density at radius 3 is 2.91 bits per heavy atom. The number of benzene rings is 1. The van der Waals surface area contributed by atoms with Crippen LogP contribution in [0.15, 0.2) is 34.2 Å². The number of ether oxygens (including phenoxy) is 1. The molecule has 1 atom stereocenters. The van der Waals surface area contributed by atoms with Crippen molar-refractivity contribution in [2.45, 2.75) is 38.6 Å². The molecular formula is C24H21FN4O3. The number of anilines is 2. The minimum absolute atomic E-state index is 0.0774. The van der Waals surface area contributed by atoms with Gasteiger partial charge in [0, 0.05) is 29.1 Å². The van der Waals surface area contributed by atoms with Gasteiger partial charge in [0.05, 0.1) is 28.9 Å². The van der Waals surface area contributed by atoms with Crippen LogP contribution < -0.4 is 21.6 Å². The Kier molecular flexibility index (Phi) is 3.96. The summed E-state index contributed by atoms with van der Waals surface area (Å²) in [6.07, 6.45) is 9.44. The minimum Gasteiger partial charge on any atom is -0.462 e. The first kappa shape index (κ1) is 19.0. The van der Waals surface area contributed by atoms with Gasteiger partial charge in [-0.3, -0.25) is 4.79 Å². The highest BCUT2D eigenvalue weighted by molar-refractivity contribution is 6.03. The number of rotatable bonds is 3. The van der Waals surface area contributed by atoms with Gasteiger partial charge >= 0.3 is 5.97 Å². The number of pyridine rings is 1. The molecule has 32 heavy (non-hydrogen) atoms. The van der Waals surface area contributed by atoms with Crippen LogP contribution in [0.2, 0.25) is 0 Å². The number of hydrogen-bond acceptors (Lipinski definition) is 5. The van der Waals surface area contributed by atoms with E-state index in [9.17, 15) is 9.59 Å². The fourth-order valence-corrected chi connectivity index (χ4v) is 4.69. The number of nitrogens with zero attached hydrogens (tertiary/aromatic N) is 2. The molecule has 1 fully saturated rings. The lowest BCUT2D eigenvalue weighted by molar-refractivity contribution is 0.0524. The molecule has 3 aliphatic rings. The number of halogens is 1. The van der Waals surface area contributed by atoms with Gasteiger partial charge in [-0.05, 0) is 31.9 Å². The maximum Gasteiger partial charge on any atom is 0.343 e. The molecule has 0 amide bonds. The second-order valence-corrected chi connectivity index (χ2v) is 8.46. The molecule has 8 heteroatoms. The van der Waals surface area contributed by atoms with Crippen LogP contribution in [0.5, 0.6) is 0 Å². The van der Waals surface area contributed by atoms with E-state index < -0.39 is 17.2 Å². The Bertz CT molecular complexity index is 1540. The lowest BCUT2D eigenvalue weighted by atomic mass is 9.97. The zero-order valence-corrected chi connectivity index (χ0v) is 17.7. The molecule has 2 aliphatic carbocycles. The molecule has 0 bridgehead atoms. The monoisotopic (exact) mass is 432 g/mol. The SMILES string of the molecule is CCOC(=O)c1cn(C2CC2)c2c3c(c(F)cc2c1=O)N=c1[nH]c2c(c1N3)C(C)C=CC=2. The summed E-state index contributed by atoms with van der Waals surface area (Å²) in [6, 6.07) is 1.33. The molecule has 3 aromatic rings. The van der Waals surface area contributed by atoms with E-state index in [1.54, 1.807) is 13.1 Å². The average Bonchev–Trinajstić information content (AvgIpc) is 3.54. The van der Waals surface area contributed by atoms with Crippen molar-refractivity contribution in [1.82, 2.24) is 9.55 Å². The second kappa shape index (κ2) is 6.66. The Morgan fingerprint density at radius 2 is 2.16 bits per heavy atom. The van der Waals surface area contributed by atoms with Crippen LogP contribution in [0.25, 0.3) is 17.0 Å². The van der Waals surface area contributed by atoms with E-state index >= 15 is 4.39 Å². The molecule has 1 saturated carbocycles. The van der Waals surface area contributed by atoms with Crippen molar-refractivity contribution in [1.29, 1.82) is 0 Å². The largest absolute Gasteiger partial charge is 0.462 e. The molecular weight excluding hydrogens is 411 g/mol. The van der Waals surface area contributed by atoms with Gasteiger partial charge in [-0.25, -0.2) is 14.2 Å². The quantitative estimate of drug-likeness (QED) is 0.486. The van der Waals surface area contributed by atoms with Gasteiger partial charge in [0.25, 0.3) is 0 Å². The van der Waals surface area contributed by atoms with Crippen molar-refractivity contribution in [2.24, 2.45) is 4.99 Å². The lowest BCUT2D eigenvalue weighted by Crippen LogP contribution is -2.22. The summed E-state index contributed by atoms with van der Waals surface area (Å²) in [5.41, 5.74) is 2.97. The highest BCUT2D eigenvalue weighted by atomic mass is 19.1. The number of aromatic nitrogens is 2. The molecule has 6 rings (SSSR count). The van der Waals surface area contributed by atoms with Gasteiger partial charge in [-0.1, -0.05) is 19.1 Å². The van der Waals surface area contributed by atoms with E-state index in [1.807, 2.05) is 16.7 Å². The summed E-state index contributed by atoms with van der Waals surface area (Å²) >= 11 is 0. The first-order valence-corrected chi connectivity index (χ1v) is 10.8. The fraction of sp³-hybridized carbons (Fsp3) is 0.292. The zero-order chi connectivity index (χ0) is 22.1. The summed E-state index contributed by atoms with van der Waals surface area (Å²) in [5.74, 6) is -1.16. The third-order valence-corrected chi connectivity index (χ3v) is 6.32. The molecule has 0 spiro atoms. The third-order valence-electron chi connectivity index (χ3n) is 6.32. The van der Waals surface area contributed by atoms with E-state index in [0.29, 0.717) is 16.7 Å². The normalized spacial score (nSPS) is 18.2. The molecule has 7 nitrogen and oxygen atoms in total. The minimum atomic E-state index is -0.692. The van der Waals surface area contributed by atoms with Gasteiger partial charge in [0.1, 0.15) is 11.3 Å². The standard InChI is InChI=1S/C24H21FN4O3/c1-3-32-24(31)14-10-29(12-7-8-12)21-13(22(14)30)9-15(25)18-20(21)27-19-17-11(2)5-4-6-16(17)26-23(19)28-18/h4-6,9-12,27H,3,7-8H2,1-2H3,(H,26,28). The van der Waals surface area contributed by atoms with Crippen molar-refractivity contribution < 1.29 is 13.9 Å². The first-order chi connectivity index (χ1) is 15.5. The lowest BCUT2D eigenvalue weighted by Gasteiger charge is -2.22. The van der Waals surface area contributed by atoms with Crippen molar-refractivity contribution in [3.05, 3.63) is 62.4 Å². The highest BCUT2D eigenvalue weighted by Gasteiger charge is 2.32. The molecule has 0 saturated heterocycles.